The van der Waals surface area contributed by atoms with E-state index >= 15 is 0 Å². The van der Waals surface area contributed by atoms with Crippen LogP contribution in [0.25, 0.3) is 6.08 Å². The molecule has 0 bridgehead atoms. The summed E-state index contributed by atoms with van der Waals surface area (Å²) in [4.78, 5) is 24.4. The van der Waals surface area contributed by atoms with Gasteiger partial charge in [0.1, 0.15) is 5.57 Å². The Bertz CT molecular complexity index is 741. The van der Waals surface area contributed by atoms with Gasteiger partial charge in [0.15, 0.2) is 0 Å². The number of nitrogens with one attached hydrogen (secondary N) is 1. The number of benzene rings is 2. The number of halogens is 1. The van der Waals surface area contributed by atoms with Gasteiger partial charge in [0.25, 0.3) is 11.8 Å². The highest BCUT2D eigenvalue weighted by atomic mass is 127. The van der Waals surface area contributed by atoms with Crippen LogP contribution in [0.5, 0.6) is 0 Å². The zero-order chi connectivity index (χ0) is 14.8. The Kier molecular flexibility index (Phi) is 3.74. The van der Waals surface area contributed by atoms with Gasteiger partial charge in [-0.1, -0.05) is 36.4 Å². The summed E-state index contributed by atoms with van der Waals surface area (Å²) in [6, 6.07) is 16.6. The number of hydrogen-bond acceptors (Lipinski definition) is 2. The van der Waals surface area contributed by atoms with Crippen LogP contribution in [0.1, 0.15) is 5.56 Å². The minimum Gasteiger partial charge on any atom is -0.267 e. The summed E-state index contributed by atoms with van der Waals surface area (Å²) in [5.74, 6) is -0.727. The van der Waals surface area contributed by atoms with E-state index in [1.165, 1.54) is 5.01 Å². The van der Waals surface area contributed by atoms with Crippen molar-refractivity contribution in [2.75, 3.05) is 5.01 Å². The van der Waals surface area contributed by atoms with Crippen molar-refractivity contribution >= 4 is 46.2 Å². The summed E-state index contributed by atoms with van der Waals surface area (Å²) in [6.07, 6.45) is 1.63. The third kappa shape index (κ3) is 2.69. The van der Waals surface area contributed by atoms with E-state index in [2.05, 4.69) is 28.0 Å². The minimum absolute atomic E-state index is 0.142. The lowest BCUT2D eigenvalue weighted by atomic mass is 10.1. The molecular weight excluding hydrogens is 379 g/mol. The largest absolute Gasteiger partial charge is 0.282 e. The summed E-state index contributed by atoms with van der Waals surface area (Å²) in [7, 11) is 0. The molecular formula is C16H11IN2O2. The number of carbonyl (C=O) groups is 2. The molecule has 3 rings (SSSR count). The van der Waals surface area contributed by atoms with E-state index in [1.807, 2.05) is 42.5 Å². The molecule has 4 nitrogen and oxygen atoms in total. The van der Waals surface area contributed by atoms with Crippen molar-refractivity contribution < 1.29 is 9.59 Å². The van der Waals surface area contributed by atoms with Gasteiger partial charge in [0, 0.05) is 3.57 Å². The van der Waals surface area contributed by atoms with Crippen molar-refractivity contribution in [1.82, 2.24) is 5.43 Å². The van der Waals surface area contributed by atoms with E-state index in [1.54, 1.807) is 18.2 Å². The van der Waals surface area contributed by atoms with Crippen LogP contribution < -0.4 is 10.4 Å². The highest BCUT2D eigenvalue weighted by Crippen LogP contribution is 2.22. The van der Waals surface area contributed by atoms with E-state index in [9.17, 15) is 9.59 Å². The van der Waals surface area contributed by atoms with Gasteiger partial charge in [-0.15, -0.1) is 0 Å². The third-order valence-corrected chi connectivity index (χ3v) is 4.09. The molecule has 1 aliphatic rings. The van der Waals surface area contributed by atoms with Crippen LogP contribution in [0.4, 0.5) is 5.69 Å². The molecule has 1 saturated heterocycles. The number of rotatable bonds is 2. The number of nitrogens with zero attached hydrogens (tertiary/aromatic N) is 1. The lowest BCUT2D eigenvalue weighted by Gasteiger charge is -2.13. The highest BCUT2D eigenvalue weighted by Gasteiger charge is 2.34. The first-order valence-corrected chi connectivity index (χ1v) is 7.41. The Morgan fingerprint density at radius 2 is 1.62 bits per heavy atom. The van der Waals surface area contributed by atoms with E-state index in [4.69, 9.17) is 0 Å². The molecule has 2 amide bonds. The second-order valence-electron chi connectivity index (χ2n) is 4.50. The molecule has 1 N–H and O–H groups in total. The first kappa shape index (κ1) is 13.8. The van der Waals surface area contributed by atoms with Gasteiger partial charge >= 0.3 is 0 Å². The lowest BCUT2D eigenvalue weighted by molar-refractivity contribution is -0.117. The molecule has 0 spiro atoms. The molecule has 0 aromatic heterocycles. The van der Waals surface area contributed by atoms with Crippen molar-refractivity contribution in [3.8, 4) is 0 Å². The first-order valence-electron chi connectivity index (χ1n) is 6.33. The Morgan fingerprint density at radius 1 is 0.952 bits per heavy atom. The van der Waals surface area contributed by atoms with E-state index in [0.717, 1.165) is 9.13 Å². The maximum Gasteiger partial charge on any atom is 0.282 e. The molecule has 2 aromatic carbocycles. The van der Waals surface area contributed by atoms with Crippen LogP contribution in [-0.4, -0.2) is 11.8 Å². The molecule has 5 heteroatoms. The monoisotopic (exact) mass is 390 g/mol. The predicted octanol–water partition coefficient (Wildman–Crippen LogP) is 2.75. The summed E-state index contributed by atoms with van der Waals surface area (Å²) in [5.41, 5.74) is 4.22. The molecule has 0 unspecified atom stereocenters. The van der Waals surface area contributed by atoms with Gasteiger partial charge in [-0.05, 0) is 52.4 Å². The summed E-state index contributed by atoms with van der Waals surface area (Å²) < 4.78 is 0.987. The van der Waals surface area contributed by atoms with E-state index in [-0.39, 0.29) is 17.4 Å². The standard InChI is InChI=1S/C16H11IN2O2/c17-14-9-5-4-6-11(14)10-13-15(20)18-19(16(13)21)12-7-2-1-3-8-12/h1-10H,(H,18,20). The maximum absolute atomic E-state index is 12.4. The fraction of sp³-hybridized carbons (Fsp3) is 0. The maximum atomic E-state index is 12.4. The smallest absolute Gasteiger partial charge is 0.267 e. The van der Waals surface area contributed by atoms with Gasteiger partial charge < -0.3 is 0 Å². The van der Waals surface area contributed by atoms with Crippen LogP contribution in [0.3, 0.4) is 0 Å². The zero-order valence-corrected chi connectivity index (χ0v) is 13.1. The number of hydrazine groups is 1. The van der Waals surface area contributed by atoms with Crippen LogP contribution >= 0.6 is 22.6 Å². The second-order valence-corrected chi connectivity index (χ2v) is 5.66. The van der Waals surface area contributed by atoms with Crippen LogP contribution in [0.2, 0.25) is 0 Å². The van der Waals surface area contributed by atoms with Crippen LogP contribution in [-0.2, 0) is 9.59 Å². The predicted molar refractivity (Wildman–Crippen MR) is 89.2 cm³/mol. The van der Waals surface area contributed by atoms with E-state index < -0.39 is 0 Å². The molecule has 0 radical (unpaired) electrons. The van der Waals surface area contributed by atoms with Crippen molar-refractivity contribution in [2.45, 2.75) is 0 Å². The van der Waals surface area contributed by atoms with Gasteiger partial charge in [-0.25, -0.2) is 5.01 Å². The van der Waals surface area contributed by atoms with Gasteiger partial charge in [0.05, 0.1) is 5.69 Å². The third-order valence-electron chi connectivity index (χ3n) is 3.11. The molecule has 0 aliphatic carbocycles. The molecule has 21 heavy (non-hydrogen) atoms. The second kappa shape index (κ2) is 5.69. The summed E-state index contributed by atoms with van der Waals surface area (Å²) in [6.45, 7) is 0. The molecule has 0 saturated carbocycles. The van der Waals surface area contributed by atoms with Crippen molar-refractivity contribution in [1.29, 1.82) is 0 Å². The fourth-order valence-corrected chi connectivity index (χ4v) is 2.61. The molecule has 1 heterocycles. The lowest BCUT2D eigenvalue weighted by Crippen LogP contribution is -2.35. The Labute approximate surface area is 135 Å². The van der Waals surface area contributed by atoms with Gasteiger partial charge in [-0.2, -0.15) is 0 Å². The summed E-state index contributed by atoms with van der Waals surface area (Å²) >= 11 is 2.18. The molecule has 1 fully saturated rings. The minimum atomic E-state index is -0.386. The van der Waals surface area contributed by atoms with Gasteiger partial charge in [0.2, 0.25) is 0 Å². The molecule has 2 aromatic rings. The topological polar surface area (TPSA) is 49.4 Å². The van der Waals surface area contributed by atoms with Crippen LogP contribution in [0, 0.1) is 3.57 Å². The quantitative estimate of drug-likeness (QED) is 0.487. The highest BCUT2D eigenvalue weighted by molar-refractivity contribution is 14.1. The fourth-order valence-electron chi connectivity index (χ4n) is 2.06. The summed E-state index contributed by atoms with van der Waals surface area (Å²) in [5, 5.41) is 1.27. The van der Waals surface area contributed by atoms with Gasteiger partial charge in [-0.3, -0.25) is 15.0 Å². The Morgan fingerprint density at radius 3 is 2.33 bits per heavy atom. The Balaban J connectivity index is 1.97. The van der Waals surface area contributed by atoms with Crippen molar-refractivity contribution in [3.05, 3.63) is 69.3 Å². The average Bonchev–Trinajstić information content (AvgIpc) is 2.78. The van der Waals surface area contributed by atoms with Crippen LogP contribution in [0.15, 0.2) is 60.2 Å². The average molecular weight is 390 g/mol. The molecule has 0 atom stereocenters. The molecule has 1 aliphatic heterocycles. The number of amides is 2. The first-order chi connectivity index (χ1) is 10.2. The normalized spacial score (nSPS) is 16.4. The van der Waals surface area contributed by atoms with Crippen molar-refractivity contribution in [3.63, 3.8) is 0 Å². The number of para-hydroxylation sites is 1. The zero-order valence-electron chi connectivity index (χ0n) is 10.9. The number of hydrogen-bond donors (Lipinski definition) is 1. The number of anilines is 1. The Hall–Kier alpha value is -2.15. The van der Waals surface area contributed by atoms with Crippen molar-refractivity contribution in [2.24, 2.45) is 0 Å². The SMILES string of the molecule is O=C1NN(c2ccccc2)C(=O)C1=Cc1ccccc1I. The molecule has 104 valence electrons. The number of carbonyl (C=O) groups excluding carboxylic acids is 2. The van der Waals surface area contributed by atoms with E-state index in [0.29, 0.717) is 5.69 Å².